The van der Waals surface area contributed by atoms with E-state index in [0.717, 1.165) is 18.8 Å². The van der Waals surface area contributed by atoms with E-state index < -0.39 is 0 Å². The van der Waals surface area contributed by atoms with Crippen LogP contribution >= 0.6 is 0 Å². The molecule has 0 atom stereocenters. The van der Waals surface area contributed by atoms with E-state index in [1.165, 1.54) is 17.2 Å². The molecular weight excluding hydrogens is 220 g/mol. The van der Waals surface area contributed by atoms with Crippen molar-refractivity contribution in [1.82, 2.24) is 0 Å². The second-order valence-corrected chi connectivity index (χ2v) is 6.02. The first kappa shape index (κ1) is 12.9. The summed E-state index contributed by atoms with van der Waals surface area (Å²) < 4.78 is 5.81. The summed E-state index contributed by atoms with van der Waals surface area (Å²) in [6.45, 7) is 7.60. The second kappa shape index (κ2) is 5.43. The van der Waals surface area contributed by atoms with Crippen LogP contribution in [-0.4, -0.2) is 6.61 Å². The summed E-state index contributed by atoms with van der Waals surface area (Å²) >= 11 is 0. The molecule has 0 unspecified atom stereocenters. The van der Waals surface area contributed by atoms with Crippen LogP contribution in [0.3, 0.4) is 0 Å². The fourth-order valence-electron chi connectivity index (χ4n) is 2.05. The fourth-order valence-corrected chi connectivity index (χ4v) is 2.05. The number of fused-ring (bicyclic) bond motifs is 1. The summed E-state index contributed by atoms with van der Waals surface area (Å²) in [6.07, 6.45) is 2.30. The molecular formula is C17H22O. The van der Waals surface area contributed by atoms with Gasteiger partial charge in [-0.2, -0.15) is 0 Å². The maximum absolute atomic E-state index is 5.81. The molecule has 0 spiro atoms. The first-order valence-electron chi connectivity index (χ1n) is 6.66. The molecule has 0 bridgehead atoms. The van der Waals surface area contributed by atoms with Crippen molar-refractivity contribution in [2.24, 2.45) is 5.41 Å². The minimum Gasteiger partial charge on any atom is -0.494 e. The Bertz CT molecular complexity index is 508. The van der Waals surface area contributed by atoms with Crippen molar-refractivity contribution in [1.29, 1.82) is 0 Å². The highest BCUT2D eigenvalue weighted by Gasteiger charge is 2.09. The zero-order valence-electron chi connectivity index (χ0n) is 11.6. The van der Waals surface area contributed by atoms with Gasteiger partial charge in [0.15, 0.2) is 0 Å². The molecule has 0 saturated carbocycles. The largest absolute Gasteiger partial charge is 0.494 e. The lowest BCUT2D eigenvalue weighted by molar-refractivity contribution is 0.269. The fraction of sp³-hybridized carbons (Fsp3) is 0.412. The van der Waals surface area contributed by atoms with E-state index in [1.807, 2.05) is 0 Å². The molecule has 0 saturated heterocycles. The van der Waals surface area contributed by atoms with Crippen LogP contribution in [0.15, 0.2) is 42.5 Å². The normalized spacial score (nSPS) is 11.7. The molecule has 0 amide bonds. The van der Waals surface area contributed by atoms with Crippen molar-refractivity contribution in [3.8, 4) is 5.75 Å². The Morgan fingerprint density at radius 1 is 0.944 bits per heavy atom. The highest BCUT2D eigenvalue weighted by Crippen LogP contribution is 2.23. The van der Waals surface area contributed by atoms with Crippen LogP contribution in [0.5, 0.6) is 5.75 Å². The molecule has 0 heterocycles. The lowest BCUT2D eigenvalue weighted by Gasteiger charge is -2.17. The van der Waals surface area contributed by atoms with Gasteiger partial charge >= 0.3 is 0 Å². The second-order valence-electron chi connectivity index (χ2n) is 6.02. The van der Waals surface area contributed by atoms with E-state index >= 15 is 0 Å². The molecule has 0 fully saturated rings. The van der Waals surface area contributed by atoms with Crippen LogP contribution in [0.25, 0.3) is 10.8 Å². The summed E-state index contributed by atoms with van der Waals surface area (Å²) in [5.41, 5.74) is 0.396. The molecule has 0 aliphatic rings. The third kappa shape index (κ3) is 3.76. The highest BCUT2D eigenvalue weighted by molar-refractivity contribution is 5.83. The molecule has 1 nitrogen and oxygen atoms in total. The van der Waals surface area contributed by atoms with E-state index in [9.17, 15) is 0 Å². The zero-order valence-corrected chi connectivity index (χ0v) is 11.6. The van der Waals surface area contributed by atoms with Crippen molar-refractivity contribution in [3.63, 3.8) is 0 Å². The molecule has 2 aromatic carbocycles. The maximum Gasteiger partial charge on any atom is 0.119 e. The lowest BCUT2D eigenvalue weighted by Crippen LogP contribution is -2.07. The third-order valence-corrected chi connectivity index (χ3v) is 3.06. The standard InChI is InChI=1S/C17H22O/c1-17(2,3)11-6-12-18-16-10-9-14-7-4-5-8-15(14)13-16/h4-5,7-10,13H,6,11-12H2,1-3H3. The molecule has 2 rings (SSSR count). The van der Waals surface area contributed by atoms with Gasteiger partial charge in [0.2, 0.25) is 0 Å². The van der Waals surface area contributed by atoms with Crippen molar-refractivity contribution in [3.05, 3.63) is 42.5 Å². The van der Waals surface area contributed by atoms with Crippen molar-refractivity contribution < 1.29 is 4.74 Å². The molecule has 0 N–H and O–H groups in total. The van der Waals surface area contributed by atoms with Crippen molar-refractivity contribution in [2.75, 3.05) is 6.61 Å². The van der Waals surface area contributed by atoms with Gasteiger partial charge in [-0.05, 0) is 41.2 Å². The van der Waals surface area contributed by atoms with E-state index in [4.69, 9.17) is 4.74 Å². The number of ether oxygens (including phenoxy) is 1. The minimum absolute atomic E-state index is 0.396. The molecule has 0 aliphatic heterocycles. The Hall–Kier alpha value is -1.50. The maximum atomic E-state index is 5.81. The summed E-state index contributed by atoms with van der Waals surface area (Å²) in [7, 11) is 0. The van der Waals surface area contributed by atoms with Gasteiger partial charge < -0.3 is 4.74 Å². The number of rotatable bonds is 4. The Labute approximate surface area is 110 Å². The number of hydrogen-bond donors (Lipinski definition) is 0. The summed E-state index contributed by atoms with van der Waals surface area (Å²) in [5, 5.41) is 2.50. The van der Waals surface area contributed by atoms with Crippen LogP contribution in [-0.2, 0) is 0 Å². The molecule has 18 heavy (non-hydrogen) atoms. The SMILES string of the molecule is CC(C)(C)CCCOc1ccc2ccccc2c1. The van der Waals surface area contributed by atoms with E-state index in [0.29, 0.717) is 5.41 Å². The van der Waals surface area contributed by atoms with Gasteiger partial charge in [-0.3, -0.25) is 0 Å². The summed E-state index contributed by atoms with van der Waals surface area (Å²) in [6, 6.07) is 14.7. The van der Waals surface area contributed by atoms with E-state index in [-0.39, 0.29) is 0 Å². The van der Waals surface area contributed by atoms with Crippen LogP contribution in [0.2, 0.25) is 0 Å². The van der Waals surface area contributed by atoms with Crippen LogP contribution in [0, 0.1) is 5.41 Å². The first-order chi connectivity index (χ1) is 8.54. The lowest BCUT2D eigenvalue weighted by atomic mass is 9.91. The first-order valence-corrected chi connectivity index (χ1v) is 6.66. The predicted octanol–water partition coefficient (Wildman–Crippen LogP) is 5.04. The van der Waals surface area contributed by atoms with Gasteiger partial charge in [0.05, 0.1) is 6.61 Å². The minimum atomic E-state index is 0.396. The van der Waals surface area contributed by atoms with Gasteiger partial charge in [0.25, 0.3) is 0 Å². The Kier molecular flexibility index (Phi) is 3.90. The van der Waals surface area contributed by atoms with Crippen LogP contribution in [0.1, 0.15) is 33.6 Å². The van der Waals surface area contributed by atoms with E-state index in [1.54, 1.807) is 0 Å². The predicted molar refractivity (Wildman–Crippen MR) is 78.1 cm³/mol. The Morgan fingerprint density at radius 3 is 2.39 bits per heavy atom. The molecule has 2 aromatic rings. The van der Waals surface area contributed by atoms with Gasteiger partial charge in [0, 0.05) is 0 Å². The molecule has 1 heteroatoms. The third-order valence-electron chi connectivity index (χ3n) is 3.06. The van der Waals surface area contributed by atoms with Crippen molar-refractivity contribution in [2.45, 2.75) is 33.6 Å². The van der Waals surface area contributed by atoms with E-state index in [2.05, 4.69) is 63.2 Å². The topological polar surface area (TPSA) is 9.23 Å². The smallest absolute Gasteiger partial charge is 0.119 e. The Morgan fingerprint density at radius 2 is 1.67 bits per heavy atom. The number of hydrogen-bond acceptors (Lipinski definition) is 1. The van der Waals surface area contributed by atoms with Crippen LogP contribution in [0.4, 0.5) is 0 Å². The Balaban J connectivity index is 1.92. The summed E-state index contributed by atoms with van der Waals surface area (Å²) in [4.78, 5) is 0. The number of benzene rings is 2. The van der Waals surface area contributed by atoms with Gasteiger partial charge in [-0.15, -0.1) is 0 Å². The zero-order chi connectivity index (χ0) is 13.0. The quantitative estimate of drug-likeness (QED) is 0.682. The molecule has 96 valence electrons. The molecule has 0 aromatic heterocycles. The van der Waals surface area contributed by atoms with Gasteiger partial charge in [-0.25, -0.2) is 0 Å². The highest BCUT2D eigenvalue weighted by atomic mass is 16.5. The average molecular weight is 242 g/mol. The van der Waals surface area contributed by atoms with Crippen molar-refractivity contribution >= 4 is 10.8 Å². The van der Waals surface area contributed by atoms with Crippen LogP contribution < -0.4 is 4.74 Å². The summed E-state index contributed by atoms with van der Waals surface area (Å²) in [5.74, 6) is 0.975. The monoisotopic (exact) mass is 242 g/mol. The average Bonchev–Trinajstić information content (AvgIpc) is 2.33. The molecule has 0 aliphatic carbocycles. The molecule has 0 radical (unpaired) electrons. The van der Waals surface area contributed by atoms with Gasteiger partial charge in [0.1, 0.15) is 5.75 Å². The van der Waals surface area contributed by atoms with Gasteiger partial charge in [-0.1, -0.05) is 51.1 Å².